The van der Waals surface area contributed by atoms with Gasteiger partial charge in [-0.15, -0.1) is 0 Å². The van der Waals surface area contributed by atoms with Crippen LogP contribution in [0.3, 0.4) is 0 Å². The maximum absolute atomic E-state index is 14.5. The number of hydrogen-bond acceptors (Lipinski definition) is 6. The maximum Gasteiger partial charge on any atom is 0.270 e. The van der Waals surface area contributed by atoms with Crippen LogP contribution >= 0.6 is 0 Å². The Bertz CT molecular complexity index is 1600. The molecule has 1 N–H and O–H groups in total. The summed E-state index contributed by atoms with van der Waals surface area (Å²) in [6.45, 7) is 2.69. The normalized spacial score (nSPS) is 21.8. The number of alkyl halides is 2. The minimum atomic E-state index is -3.18. The number of nitrogens with one attached hydrogen (secondary N) is 1. The molecule has 1 aliphatic carbocycles. The number of rotatable bonds is 6. The number of fused-ring (bicyclic) bond motifs is 1. The van der Waals surface area contributed by atoms with Gasteiger partial charge in [0.05, 0.1) is 35.5 Å². The van der Waals surface area contributed by atoms with Crippen LogP contribution in [0.4, 0.5) is 13.2 Å². The van der Waals surface area contributed by atoms with E-state index in [-0.39, 0.29) is 11.6 Å². The average molecular weight is 549 g/mol. The second-order valence-electron chi connectivity index (χ2n) is 10.7. The Hall–Kier alpha value is -4.24. The first-order valence-electron chi connectivity index (χ1n) is 13.1. The van der Waals surface area contributed by atoms with Crippen LogP contribution in [0, 0.1) is 17.1 Å². The highest BCUT2D eigenvalue weighted by atomic mass is 19.3. The smallest absolute Gasteiger partial charge is 0.270 e. The Morgan fingerprint density at radius 2 is 1.98 bits per heavy atom. The minimum absolute atomic E-state index is 0.201. The fraction of sp³-hybridized carbons (Fsp3) is 0.393. The van der Waals surface area contributed by atoms with E-state index in [2.05, 4.69) is 31.0 Å². The summed E-state index contributed by atoms with van der Waals surface area (Å²) in [6.07, 6.45) is 8.81. The molecule has 0 radical (unpaired) electrons. The molecule has 0 unspecified atom stereocenters. The molecule has 40 heavy (non-hydrogen) atoms. The first-order valence-corrected chi connectivity index (χ1v) is 13.1. The number of aromatic amines is 1. The van der Waals surface area contributed by atoms with Crippen LogP contribution in [-0.4, -0.2) is 72.7 Å². The fourth-order valence-electron chi connectivity index (χ4n) is 5.86. The molecule has 3 aromatic heterocycles. The van der Waals surface area contributed by atoms with Gasteiger partial charge in [0.15, 0.2) is 0 Å². The summed E-state index contributed by atoms with van der Waals surface area (Å²) < 4.78 is 43.4. The van der Waals surface area contributed by atoms with E-state index in [0.29, 0.717) is 39.5 Å². The topological polar surface area (TPSA) is 107 Å². The lowest BCUT2D eigenvalue weighted by Crippen LogP contribution is -2.60. The summed E-state index contributed by atoms with van der Waals surface area (Å²) in [4.78, 5) is 28.5. The van der Waals surface area contributed by atoms with Crippen molar-refractivity contribution in [2.45, 2.75) is 43.7 Å². The van der Waals surface area contributed by atoms with Crippen molar-refractivity contribution < 1.29 is 18.0 Å². The number of halogens is 3. The molecule has 9 nitrogen and oxygen atoms in total. The lowest BCUT2D eigenvalue weighted by atomic mass is 9.70. The summed E-state index contributed by atoms with van der Waals surface area (Å²) in [5.74, 6) is -4.62. The minimum Gasteiger partial charge on any atom is -0.346 e. The number of hydrogen-bond donors (Lipinski definition) is 1. The van der Waals surface area contributed by atoms with Crippen LogP contribution in [0.5, 0.6) is 0 Å². The van der Waals surface area contributed by atoms with E-state index in [4.69, 9.17) is 0 Å². The van der Waals surface area contributed by atoms with Crippen molar-refractivity contribution in [3.8, 4) is 17.3 Å². The Morgan fingerprint density at radius 3 is 2.67 bits per heavy atom. The van der Waals surface area contributed by atoms with Crippen LogP contribution in [0.2, 0.25) is 0 Å². The molecule has 12 heteroatoms. The number of nitrogens with zero attached hydrogens (tertiary/aromatic N) is 7. The highest BCUT2D eigenvalue weighted by molar-refractivity contribution is 5.94. The van der Waals surface area contributed by atoms with E-state index in [9.17, 15) is 23.2 Å². The molecule has 0 atom stereocenters. The number of nitriles is 1. The van der Waals surface area contributed by atoms with Crippen molar-refractivity contribution in [3.63, 3.8) is 0 Å². The molecule has 0 spiro atoms. The zero-order valence-electron chi connectivity index (χ0n) is 21.8. The molecule has 6 rings (SSSR count). The third-order valence-electron chi connectivity index (χ3n) is 8.16. The van der Waals surface area contributed by atoms with Crippen molar-refractivity contribution in [1.29, 1.82) is 5.26 Å². The molecule has 1 aromatic carbocycles. The van der Waals surface area contributed by atoms with Gasteiger partial charge in [0.2, 0.25) is 0 Å². The lowest BCUT2D eigenvalue weighted by molar-refractivity contribution is -0.0158. The summed E-state index contributed by atoms with van der Waals surface area (Å²) >= 11 is 0. The monoisotopic (exact) mass is 548 g/mol. The molecule has 206 valence electrons. The average Bonchev–Trinajstić information content (AvgIpc) is 3.60. The second kappa shape index (κ2) is 9.75. The third kappa shape index (κ3) is 4.50. The van der Waals surface area contributed by atoms with Crippen molar-refractivity contribution in [1.82, 2.24) is 34.5 Å². The van der Waals surface area contributed by atoms with E-state index in [0.717, 1.165) is 53.3 Å². The van der Waals surface area contributed by atoms with Crippen LogP contribution in [0.1, 0.15) is 42.1 Å². The maximum atomic E-state index is 14.5. The van der Waals surface area contributed by atoms with Gasteiger partial charge in [-0.25, -0.2) is 23.1 Å². The Morgan fingerprint density at radius 1 is 1.20 bits per heavy atom. The molecule has 2 aliphatic rings. The van der Waals surface area contributed by atoms with E-state index in [1.807, 2.05) is 23.1 Å². The van der Waals surface area contributed by atoms with E-state index < -0.39 is 28.7 Å². The van der Waals surface area contributed by atoms with Gasteiger partial charge in [-0.3, -0.25) is 14.4 Å². The standard InChI is InChI=1S/C28H27F3N8O/c1-27(30,31)19-2-3-21(23(29)12-19)26(40)38-10-8-37(9-11-38)20-13-28(14-20,5-6-32)39-16-18(15-36-39)24-22-4-7-33-25(22)35-17-34-24/h2-4,7,12,15-17,20H,5,8-11,13-14H2,1H3,(H,33,34,35)/t20-,28-. The van der Waals surface area contributed by atoms with Gasteiger partial charge in [-0.1, -0.05) is 6.07 Å². The van der Waals surface area contributed by atoms with Crippen molar-refractivity contribution in [2.75, 3.05) is 26.2 Å². The molecule has 1 aliphatic heterocycles. The van der Waals surface area contributed by atoms with Gasteiger partial charge in [0, 0.05) is 68.1 Å². The molecule has 1 amide bonds. The first kappa shape index (κ1) is 26.0. The van der Waals surface area contributed by atoms with E-state index >= 15 is 0 Å². The van der Waals surface area contributed by atoms with Gasteiger partial charge < -0.3 is 9.88 Å². The van der Waals surface area contributed by atoms with Crippen molar-refractivity contribution in [3.05, 3.63) is 66.1 Å². The summed E-state index contributed by atoms with van der Waals surface area (Å²) in [6, 6.07) is 7.43. The second-order valence-corrected chi connectivity index (χ2v) is 10.7. The Balaban J connectivity index is 1.10. The summed E-state index contributed by atoms with van der Waals surface area (Å²) in [5.41, 5.74) is 1.28. The summed E-state index contributed by atoms with van der Waals surface area (Å²) in [5, 5.41) is 15.1. The van der Waals surface area contributed by atoms with E-state index in [1.165, 1.54) is 6.33 Å². The Kier molecular flexibility index (Phi) is 6.34. The van der Waals surface area contributed by atoms with Crippen LogP contribution < -0.4 is 0 Å². The summed E-state index contributed by atoms with van der Waals surface area (Å²) in [7, 11) is 0. The van der Waals surface area contributed by atoms with Crippen LogP contribution in [0.25, 0.3) is 22.3 Å². The fourth-order valence-corrected chi connectivity index (χ4v) is 5.86. The molecular weight excluding hydrogens is 521 g/mol. The number of carbonyl (C=O) groups is 1. The highest BCUT2D eigenvalue weighted by Gasteiger charge is 2.49. The van der Waals surface area contributed by atoms with Gasteiger partial charge in [-0.2, -0.15) is 10.4 Å². The zero-order valence-corrected chi connectivity index (χ0v) is 21.8. The molecule has 4 heterocycles. The van der Waals surface area contributed by atoms with Crippen molar-refractivity contribution >= 4 is 16.9 Å². The lowest BCUT2D eigenvalue weighted by Gasteiger charge is -2.52. The van der Waals surface area contributed by atoms with Crippen molar-refractivity contribution in [2.24, 2.45) is 0 Å². The number of amides is 1. The number of benzene rings is 1. The quantitative estimate of drug-likeness (QED) is 0.385. The molecule has 0 bridgehead atoms. The van der Waals surface area contributed by atoms with Crippen LogP contribution in [-0.2, 0) is 11.5 Å². The van der Waals surface area contributed by atoms with Gasteiger partial charge >= 0.3 is 0 Å². The predicted molar refractivity (Wildman–Crippen MR) is 140 cm³/mol. The first-order chi connectivity index (χ1) is 19.2. The number of H-pyrrole nitrogens is 1. The number of piperazine rings is 1. The number of carbonyl (C=O) groups excluding carboxylic acids is 1. The Labute approximate surface area is 228 Å². The van der Waals surface area contributed by atoms with Gasteiger partial charge in [0.1, 0.15) is 17.8 Å². The predicted octanol–water partition coefficient (Wildman–Crippen LogP) is 4.30. The van der Waals surface area contributed by atoms with E-state index in [1.54, 1.807) is 11.1 Å². The number of aromatic nitrogens is 5. The molecule has 2 fully saturated rings. The molecule has 1 saturated heterocycles. The molecule has 1 saturated carbocycles. The van der Waals surface area contributed by atoms with Crippen LogP contribution in [0.15, 0.2) is 49.2 Å². The third-order valence-corrected chi connectivity index (χ3v) is 8.16. The van der Waals surface area contributed by atoms with Gasteiger partial charge in [0.25, 0.3) is 11.8 Å². The SMILES string of the molecule is CC(F)(F)c1ccc(C(=O)N2CCN([C@H]3C[C@](CC#N)(n4cc(-c5ncnc6[nH]ccc56)cn4)C3)CC2)c(F)c1. The highest BCUT2D eigenvalue weighted by Crippen LogP contribution is 2.45. The largest absolute Gasteiger partial charge is 0.346 e. The molecular formula is C28H27F3N8O. The molecule has 4 aromatic rings. The zero-order chi connectivity index (χ0) is 28.1. The van der Waals surface area contributed by atoms with Gasteiger partial charge in [-0.05, 0) is 31.0 Å².